The highest BCUT2D eigenvalue weighted by atomic mass is 16.5. The third-order valence-electron chi connectivity index (χ3n) is 7.66. The van der Waals surface area contributed by atoms with E-state index in [0.717, 1.165) is 38.5 Å². The van der Waals surface area contributed by atoms with Gasteiger partial charge < -0.3 is 14.2 Å². The van der Waals surface area contributed by atoms with E-state index in [1.807, 2.05) is 59.5 Å². The summed E-state index contributed by atoms with van der Waals surface area (Å²) in [4.78, 5) is 29.1. The Morgan fingerprint density at radius 2 is 1.54 bits per heavy atom. The van der Waals surface area contributed by atoms with Crippen LogP contribution >= 0.6 is 0 Å². The van der Waals surface area contributed by atoms with Crippen LogP contribution in [0.1, 0.15) is 39.0 Å². The van der Waals surface area contributed by atoms with Crippen molar-refractivity contribution in [3.05, 3.63) is 119 Å². The first-order valence-electron chi connectivity index (χ1n) is 12.6. The molecule has 0 radical (unpaired) electrons. The minimum absolute atomic E-state index is 0.0605. The van der Waals surface area contributed by atoms with Crippen molar-refractivity contribution in [2.24, 2.45) is 7.05 Å². The van der Waals surface area contributed by atoms with Gasteiger partial charge in [-0.3, -0.25) is 9.59 Å². The Labute approximate surface area is 215 Å². The summed E-state index contributed by atoms with van der Waals surface area (Å²) >= 11 is 0. The van der Waals surface area contributed by atoms with E-state index in [1.165, 1.54) is 7.11 Å². The summed E-state index contributed by atoms with van der Waals surface area (Å²) in [6.45, 7) is 0.489. The number of ether oxygens (including phenoxy) is 1. The highest BCUT2D eigenvalue weighted by Gasteiger charge is 2.44. The van der Waals surface area contributed by atoms with E-state index < -0.39 is 12.0 Å². The van der Waals surface area contributed by atoms with Crippen LogP contribution in [-0.2, 0) is 23.0 Å². The number of benzene rings is 4. The van der Waals surface area contributed by atoms with Gasteiger partial charge >= 0.3 is 5.97 Å². The molecule has 0 saturated carbocycles. The monoisotopic (exact) mass is 488 g/mol. The van der Waals surface area contributed by atoms with E-state index in [0.29, 0.717) is 18.5 Å². The molecule has 1 aromatic heterocycles. The molecule has 0 aliphatic carbocycles. The maximum atomic E-state index is 13.9. The van der Waals surface area contributed by atoms with Gasteiger partial charge in [0.05, 0.1) is 13.2 Å². The largest absolute Gasteiger partial charge is 0.468 e. The molecule has 1 amide bonds. The molecule has 2 atom stereocenters. The van der Waals surface area contributed by atoms with Crippen LogP contribution in [0.25, 0.3) is 21.8 Å². The second-order valence-electron chi connectivity index (χ2n) is 9.62. The maximum absolute atomic E-state index is 13.9. The minimum atomic E-state index is -0.623. The summed E-state index contributed by atoms with van der Waals surface area (Å²) in [6, 6.07) is 31.7. The highest BCUT2D eigenvalue weighted by Crippen LogP contribution is 2.44. The number of para-hydroxylation sites is 1. The summed E-state index contributed by atoms with van der Waals surface area (Å²) in [5.41, 5.74) is 5.61. The third-order valence-corrected chi connectivity index (χ3v) is 7.66. The van der Waals surface area contributed by atoms with Gasteiger partial charge in [0.1, 0.15) is 5.92 Å². The van der Waals surface area contributed by atoms with Crippen LogP contribution in [0.15, 0.2) is 97.1 Å². The third kappa shape index (κ3) is 3.78. The van der Waals surface area contributed by atoms with Crippen LogP contribution in [0, 0.1) is 0 Å². The molecule has 0 saturated heterocycles. The number of amides is 1. The Morgan fingerprint density at radius 3 is 2.35 bits per heavy atom. The van der Waals surface area contributed by atoms with Crippen molar-refractivity contribution in [1.82, 2.24) is 9.47 Å². The van der Waals surface area contributed by atoms with Gasteiger partial charge in [-0.15, -0.1) is 0 Å². The lowest BCUT2D eigenvalue weighted by molar-refractivity contribution is -0.144. The smallest absolute Gasteiger partial charge is 0.315 e. The quantitative estimate of drug-likeness (QED) is 0.284. The lowest BCUT2D eigenvalue weighted by Gasteiger charge is -2.41. The summed E-state index contributed by atoms with van der Waals surface area (Å²) in [6.07, 6.45) is 0.690. The number of methoxy groups -OCH3 is 1. The Morgan fingerprint density at radius 1 is 0.838 bits per heavy atom. The van der Waals surface area contributed by atoms with Crippen molar-refractivity contribution in [3.63, 3.8) is 0 Å². The number of nitrogens with zero attached hydrogens (tertiary/aromatic N) is 2. The van der Waals surface area contributed by atoms with Gasteiger partial charge in [0.15, 0.2) is 0 Å². The normalized spacial score (nSPS) is 17.2. The van der Waals surface area contributed by atoms with Crippen molar-refractivity contribution >= 4 is 33.7 Å². The van der Waals surface area contributed by atoms with Crippen molar-refractivity contribution < 1.29 is 14.3 Å². The second-order valence-corrected chi connectivity index (χ2v) is 9.62. The summed E-state index contributed by atoms with van der Waals surface area (Å²) in [5, 5.41) is 2.25. The fourth-order valence-electron chi connectivity index (χ4n) is 5.85. The zero-order chi connectivity index (χ0) is 25.5. The number of esters is 1. The van der Waals surface area contributed by atoms with E-state index in [2.05, 4.69) is 54.1 Å². The molecule has 37 heavy (non-hydrogen) atoms. The molecule has 0 bridgehead atoms. The van der Waals surface area contributed by atoms with Gasteiger partial charge in [0.25, 0.3) is 5.91 Å². The van der Waals surface area contributed by atoms with Gasteiger partial charge in [-0.2, -0.15) is 0 Å². The van der Waals surface area contributed by atoms with E-state index in [9.17, 15) is 9.59 Å². The van der Waals surface area contributed by atoms with Gasteiger partial charge in [-0.1, -0.05) is 72.8 Å². The number of aromatic nitrogens is 1. The maximum Gasteiger partial charge on any atom is 0.315 e. The first kappa shape index (κ1) is 23.0. The lowest BCUT2D eigenvalue weighted by atomic mass is 9.79. The van der Waals surface area contributed by atoms with Gasteiger partial charge in [0.2, 0.25) is 0 Å². The molecule has 2 heterocycles. The second kappa shape index (κ2) is 9.25. The molecule has 5 heteroatoms. The summed E-state index contributed by atoms with van der Waals surface area (Å²) < 4.78 is 7.51. The van der Waals surface area contributed by atoms with Crippen molar-refractivity contribution in [2.75, 3.05) is 13.7 Å². The molecular formula is C32H28N2O3. The van der Waals surface area contributed by atoms with E-state index in [4.69, 9.17) is 4.74 Å². The van der Waals surface area contributed by atoms with Crippen LogP contribution in [-0.4, -0.2) is 35.0 Å². The van der Waals surface area contributed by atoms with Crippen LogP contribution in [0.4, 0.5) is 0 Å². The number of carbonyl (C=O) groups is 2. The van der Waals surface area contributed by atoms with Crippen LogP contribution in [0.2, 0.25) is 0 Å². The predicted molar refractivity (Wildman–Crippen MR) is 146 cm³/mol. The zero-order valence-corrected chi connectivity index (χ0v) is 20.9. The minimum Gasteiger partial charge on any atom is -0.468 e. The van der Waals surface area contributed by atoms with Gasteiger partial charge in [0, 0.05) is 41.0 Å². The van der Waals surface area contributed by atoms with Gasteiger partial charge in [-0.25, -0.2) is 0 Å². The van der Waals surface area contributed by atoms with Crippen molar-refractivity contribution in [2.45, 2.75) is 18.4 Å². The van der Waals surface area contributed by atoms with Gasteiger partial charge in [-0.05, 0) is 47.4 Å². The number of carbonyl (C=O) groups excluding carboxylic acids is 2. The molecule has 5 nitrogen and oxygen atoms in total. The molecule has 0 N–H and O–H groups in total. The first-order chi connectivity index (χ1) is 18.1. The topological polar surface area (TPSA) is 51.5 Å². The van der Waals surface area contributed by atoms with E-state index in [1.54, 1.807) is 0 Å². The van der Waals surface area contributed by atoms with E-state index >= 15 is 0 Å². The summed E-state index contributed by atoms with van der Waals surface area (Å²) in [5.74, 6) is -1.02. The van der Waals surface area contributed by atoms with Crippen LogP contribution in [0.3, 0.4) is 0 Å². The van der Waals surface area contributed by atoms with Crippen molar-refractivity contribution in [1.29, 1.82) is 0 Å². The lowest BCUT2D eigenvalue weighted by Crippen LogP contribution is -2.46. The molecule has 1 aliphatic heterocycles. The number of aryl methyl sites for hydroxylation is 1. The fourth-order valence-corrected chi connectivity index (χ4v) is 5.85. The number of fused-ring (bicyclic) bond motifs is 4. The molecule has 6 rings (SSSR count). The molecule has 5 aromatic rings. The summed E-state index contributed by atoms with van der Waals surface area (Å²) in [7, 11) is 3.48. The SMILES string of the molecule is COC(=O)[C@H]1c2ccccc2C(=O)N(CCc2ccccc2)[C@@H]1c1ccc2c(c1)c1ccccc1n2C. The highest BCUT2D eigenvalue weighted by molar-refractivity contribution is 6.08. The molecule has 0 unspecified atom stereocenters. The van der Waals surface area contributed by atoms with Crippen LogP contribution < -0.4 is 0 Å². The molecule has 1 aliphatic rings. The average molecular weight is 489 g/mol. The average Bonchev–Trinajstić information content (AvgIpc) is 3.24. The van der Waals surface area contributed by atoms with Crippen molar-refractivity contribution in [3.8, 4) is 0 Å². The molecule has 4 aromatic carbocycles. The Kier molecular flexibility index (Phi) is 5.76. The predicted octanol–water partition coefficient (Wildman–Crippen LogP) is 6.03. The number of hydrogen-bond donors (Lipinski definition) is 0. The Balaban J connectivity index is 1.54. The van der Waals surface area contributed by atoms with Crippen LogP contribution in [0.5, 0.6) is 0 Å². The molecule has 0 spiro atoms. The standard InChI is InChI=1S/C32H28N2O3/c1-33-27-15-9-8-12-23(27)26-20-22(16-17-28(26)33)30-29(32(36)37-2)24-13-6-7-14-25(24)31(35)34(30)19-18-21-10-4-3-5-11-21/h3-17,20,29-30H,18-19H2,1-2H3/t29-,30+/m0/s1. The molecule has 0 fully saturated rings. The zero-order valence-electron chi connectivity index (χ0n) is 20.9. The fraction of sp³-hybridized carbons (Fsp3) is 0.188. The number of hydrogen-bond acceptors (Lipinski definition) is 3. The molecule has 184 valence electrons. The Hall–Kier alpha value is -4.38. The van der Waals surface area contributed by atoms with E-state index in [-0.39, 0.29) is 11.9 Å². The number of rotatable bonds is 5. The Bertz CT molecular complexity index is 1640. The molecular weight excluding hydrogens is 460 g/mol. The first-order valence-corrected chi connectivity index (χ1v) is 12.6.